The fourth-order valence-electron chi connectivity index (χ4n) is 5.75. The van der Waals surface area contributed by atoms with Crippen molar-refractivity contribution in [3.8, 4) is 11.1 Å². The van der Waals surface area contributed by atoms with Gasteiger partial charge in [0.05, 0.1) is 16.6 Å². The van der Waals surface area contributed by atoms with Gasteiger partial charge in [0, 0.05) is 47.3 Å². The summed E-state index contributed by atoms with van der Waals surface area (Å²) in [6.45, 7) is 2.17. The topological polar surface area (TPSA) is 4.41 Å². The Morgan fingerprint density at radius 1 is 0.545 bits per heavy atom. The van der Waals surface area contributed by atoms with E-state index in [0.717, 1.165) is 0 Å². The zero-order chi connectivity index (χ0) is 21.7. The van der Waals surface area contributed by atoms with Crippen LogP contribution < -0.4 is 0 Å². The van der Waals surface area contributed by atoms with Crippen LogP contribution in [0.5, 0.6) is 0 Å². The predicted octanol–water partition coefficient (Wildman–Crippen LogP) is 9.18. The molecular weight excluding hydrogens is 418 g/mol. The largest absolute Gasteiger partial charge is 0.307 e. The number of benzene rings is 5. The van der Waals surface area contributed by atoms with E-state index in [1.165, 1.54) is 75.0 Å². The van der Waals surface area contributed by atoms with E-state index in [4.69, 9.17) is 0 Å². The number of rotatable bonds is 1. The molecule has 154 valence electrons. The first-order valence-corrected chi connectivity index (χ1v) is 12.2. The van der Waals surface area contributed by atoms with Crippen LogP contribution in [0.3, 0.4) is 0 Å². The fourth-order valence-corrected chi connectivity index (χ4v) is 7.00. The summed E-state index contributed by atoms with van der Waals surface area (Å²) in [5.41, 5.74) is 7.81. The third-order valence-corrected chi connectivity index (χ3v) is 8.30. The number of aromatic nitrogens is 1. The predicted molar refractivity (Wildman–Crippen MR) is 144 cm³/mol. The molecule has 0 saturated carbocycles. The molecule has 0 N–H and O–H groups in total. The van der Waals surface area contributed by atoms with E-state index in [9.17, 15) is 0 Å². The molecule has 1 nitrogen and oxygen atoms in total. The first-order chi connectivity index (χ1) is 16.3. The van der Waals surface area contributed by atoms with Crippen LogP contribution >= 0.6 is 11.3 Å². The monoisotopic (exact) mass is 437 g/mol. The molecule has 8 rings (SSSR count). The molecule has 0 amide bonds. The van der Waals surface area contributed by atoms with Crippen LogP contribution in [-0.4, -0.2) is 4.40 Å². The molecule has 0 bridgehead atoms. The second kappa shape index (κ2) is 6.12. The minimum absolute atomic E-state index is 1.28. The molecule has 0 atom stereocenters. The third kappa shape index (κ3) is 2.21. The minimum atomic E-state index is 1.28. The highest BCUT2D eigenvalue weighted by Gasteiger charge is 2.19. The molecule has 3 heterocycles. The summed E-state index contributed by atoms with van der Waals surface area (Å²) in [5.74, 6) is 0. The Morgan fingerprint density at radius 3 is 2.09 bits per heavy atom. The summed E-state index contributed by atoms with van der Waals surface area (Å²) in [6, 6.07) is 36.1. The van der Waals surface area contributed by atoms with Gasteiger partial charge in [-0.2, -0.15) is 0 Å². The summed E-state index contributed by atoms with van der Waals surface area (Å²) >= 11 is 1.90. The van der Waals surface area contributed by atoms with Gasteiger partial charge in [-0.3, -0.25) is 0 Å². The third-order valence-electron chi connectivity index (χ3n) is 7.18. The molecule has 0 radical (unpaired) electrons. The first kappa shape index (κ1) is 17.6. The van der Waals surface area contributed by atoms with Crippen molar-refractivity contribution >= 4 is 69.6 Å². The molecule has 0 aliphatic rings. The number of hydrogen-bond acceptors (Lipinski definition) is 1. The summed E-state index contributed by atoms with van der Waals surface area (Å²) in [7, 11) is 0. The smallest absolute Gasteiger partial charge is 0.0620 e. The normalized spacial score (nSPS) is 12.4. The van der Waals surface area contributed by atoms with Gasteiger partial charge in [-0.05, 0) is 36.2 Å². The second-order valence-corrected chi connectivity index (χ2v) is 10.2. The first-order valence-electron chi connectivity index (χ1n) is 11.4. The van der Waals surface area contributed by atoms with Gasteiger partial charge >= 0.3 is 0 Å². The van der Waals surface area contributed by atoms with Gasteiger partial charge in [0.15, 0.2) is 0 Å². The lowest BCUT2D eigenvalue weighted by Crippen LogP contribution is -1.85. The SMILES string of the molecule is Cc1ccc2c(c1)sc1cc(-c3cccc4c5cccc6c7ccccc7n(c34)c65)ccc12. The number of aryl methyl sites for hydroxylation is 1. The van der Waals surface area contributed by atoms with Crippen LogP contribution in [0.25, 0.3) is 69.4 Å². The van der Waals surface area contributed by atoms with Crippen molar-refractivity contribution < 1.29 is 0 Å². The highest BCUT2D eigenvalue weighted by atomic mass is 32.1. The summed E-state index contributed by atoms with van der Waals surface area (Å²) < 4.78 is 5.21. The molecule has 33 heavy (non-hydrogen) atoms. The van der Waals surface area contributed by atoms with E-state index >= 15 is 0 Å². The van der Waals surface area contributed by atoms with Gasteiger partial charge in [-0.25, -0.2) is 0 Å². The van der Waals surface area contributed by atoms with Crippen LogP contribution in [0.1, 0.15) is 5.56 Å². The standard InChI is InChI=1S/C31H19NS/c1-18-12-14-22-23-15-13-19(17-29(23)33-28(22)16-18)20-7-4-9-25-26-10-5-8-24-21-6-2-3-11-27(21)32(30(20)25)31(24)26/h2-17H,1H3. The van der Waals surface area contributed by atoms with Gasteiger partial charge < -0.3 is 4.40 Å². The lowest BCUT2D eigenvalue weighted by molar-refractivity contribution is 1.37. The molecule has 0 saturated heterocycles. The van der Waals surface area contributed by atoms with Gasteiger partial charge in [-0.15, -0.1) is 11.3 Å². The number of fused-ring (bicyclic) bond motifs is 9. The molecule has 0 spiro atoms. The zero-order valence-corrected chi connectivity index (χ0v) is 18.9. The van der Waals surface area contributed by atoms with Crippen molar-refractivity contribution in [2.24, 2.45) is 0 Å². The summed E-state index contributed by atoms with van der Waals surface area (Å²) in [6.07, 6.45) is 0. The molecule has 2 heteroatoms. The molecule has 0 unspecified atom stereocenters. The van der Waals surface area contributed by atoms with Crippen molar-refractivity contribution in [3.05, 3.63) is 103 Å². The average Bonchev–Trinajstić information content (AvgIpc) is 3.49. The highest BCUT2D eigenvalue weighted by Crippen LogP contribution is 2.43. The van der Waals surface area contributed by atoms with Crippen molar-refractivity contribution in [2.75, 3.05) is 0 Å². The van der Waals surface area contributed by atoms with Crippen LogP contribution in [0.15, 0.2) is 97.1 Å². The molecular formula is C31H19NS. The van der Waals surface area contributed by atoms with E-state index in [1.54, 1.807) is 0 Å². The van der Waals surface area contributed by atoms with Gasteiger partial charge in [-0.1, -0.05) is 78.9 Å². The van der Waals surface area contributed by atoms with E-state index < -0.39 is 0 Å². The summed E-state index contributed by atoms with van der Waals surface area (Å²) in [4.78, 5) is 0. The zero-order valence-electron chi connectivity index (χ0n) is 18.1. The number of nitrogens with zero attached hydrogens (tertiary/aromatic N) is 1. The molecule has 8 aromatic rings. The Kier molecular flexibility index (Phi) is 3.27. The van der Waals surface area contributed by atoms with E-state index in [1.807, 2.05) is 11.3 Å². The molecule has 5 aromatic carbocycles. The number of para-hydroxylation sites is 3. The van der Waals surface area contributed by atoms with Gasteiger partial charge in [0.25, 0.3) is 0 Å². The lowest BCUT2D eigenvalue weighted by atomic mass is 10.00. The number of hydrogen-bond donors (Lipinski definition) is 0. The van der Waals surface area contributed by atoms with Crippen molar-refractivity contribution in [1.82, 2.24) is 4.40 Å². The molecule has 0 fully saturated rings. The van der Waals surface area contributed by atoms with Gasteiger partial charge in [0.2, 0.25) is 0 Å². The van der Waals surface area contributed by atoms with Crippen molar-refractivity contribution in [2.45, 2.75) is 6.92 Å². The second-order valence-electron chi connectivity index (χ2n) is 9.07. The Balaban J connectivity index is 1.52. The maximum Gasteiger partial charge on any atom is 0.0620 e. The van der Waals surface area contributed by atoms with E-state index in [0.29, 0.717) is 0 Å². The van der Waals surface area contributed by atoms with E-state index in [-0.39, 0.29) is 0 Å². The quantitative estimate of drug-likeness (QED) is 0.241. The van der Waals surface area contributed by atoms with Crippen molar-refractivity contribution in [3.63, 3.8) is 0 Å². The Labute approximate surface area is 194 Å². The Morgan fingerprint density at radius 2 is 1.21 bits per heavy atom. The Bertz CT molecular complexity index is 2040. The Hall–Kier alpha value is -3.88. The number of thiophene rings is 1. The maximum absolute atomic E-state index is 2.49. The lowest BCUT2D eigenvalue weighted by Gasteiger charge is -2.07. The van der Waals surface area contributed by atoms with Crippen LogP contribution in [0, 0.1) is 6.92 Å². The van der Waals surface area contributed by atoms with E-state index in [2.05, 4.69) is 108 Å². The summed E-state index contributed by atoms with van der Waals surface area (Å²) in [5, 5.41) is 8.02. The van der Waals surface area contributed by atoms with Crippen LogP contribution in [0.2, 0.25) is 0 Å². The van der Waals surface area contributed by atoms with Crippen LogP contribution in [0.4, 0.5) is 0 Å². The van der Waals surface area contributed by atoms with Crippen molar-refractivity contribution in [1.29, 1.82) is 0 Å². The van der Waals surface area contributed by atoms with Gasteiger partial charge in [0.1, 0.15) is 0 Å². The molecule has 3 aromatic heterocycles. The maximum atomic E-state index is 2.49. The van der Waals surface area contributed by atoms with Crippen LogP contribution in [-0.2, 0) is 0 Å². The molecule has 0 aliphatic carbocycles. The highest BCUT2D eigenvalue weighted by molar-refractivity contribution is 7.25. The minimum Gasteiger partial charge on any atom is -0.307 e. The fraction of sp³-hybridized carbons (Fsp3) is 0.0323. The molecule has 0 aliphatic heterocycles. The average molecular weight is 438 g/mol.